The Kier molecular flexibility index (Phi) is 6.80. The second-order valence-corrected chi connectivity index (χ2v) is 7.09. The standard InChI is InChI=1S/C24H16BF4.Tl/c26-21-9-1-5-17(13-21)25(18-6-2-10-22(27)14-18,19-7-3-11-23(28)15-19)20-8-4-12-24(29)16-20;/h1-16H;/q-1;+1. The molecule has 146 valence electrons. The van der Waals surface area contributed by atoms with Gasteiger partial charge in [0.15, 0.2) is 0 Å². The SMILES string of the molecule is Fc1cccc([B-](c2cccc(F)c2)(c2cccc(F)c2)c2cccc(F)c2)c1.[Tl+]. The van der Waals surface area contributed by atoms with Gasteiger partial charge in [-0.1, -0.05) is 72.8 Å². The molecule has 0 atom stereocenters. The van der Waals surface area contributed by atoms with Crippen LogP contribution in [-0.2, 0) is 0 Å². The first-order valence-electron chi connectivity index (χ1n) is 9.20. The van der Waals surface area contributed by atoms with Gasteiger partial charge in [-0.3, -0.25) is 0 Å². The summed E-state index contributed by atoms with van der Waals surface area (Å²) in [6.45, 7) is 0. The topological polar surface area (TPSA) is 0 Å². The van der Waals surface area contributed by atoms with E-state index in [-0.39, 0.29) is 27.3 Å². The first kappa shape index (κ1) is 22.3. The molecule has 4 aromatic carbocycles. The van der Waals surface area contributed by atoms with Crippen molar-refractivity contribution >= 4 is 55.3 Å². The molecule has 0 nitrogen and oxygen atoms in total. The third kappa shape index (κ3) is 4.08. The summed E-state index contributed by atoms with van der Waals surface area (Å²) in [6, 6.07) is 23.5. The summed E-state index contributed by atoms with van der Waals surface area (Å²) < 4.78 is 57.1. The third-order valence-corrected chi connectivity index (χ3v) is 5.39. The molecular weight excluding hydrogens is 579 g/mol. The smallest absolute Gasteiger partial charge is 0.207 e. The van der Waals surface area contributed by atoms with Gasteiger partial charge in [0.05, 0.1) is 0 Å². The minimum atomic E-state index is -2.25. The molecule has 4 aromatic rings. The normalized spacial score (nSPS) is 11.1. The predicted octanol–water partition coefficient (Wildman–Crippen LogP) is 3.24. The van der Waals surface area contributed by atoms with Crippen molar-refractivity contribution in [2.75, 3.05) is 0 Å². The fourth-order valence-corrected chi connectivity index (χ4v) is 4.26. The predicted molar refractivity (Wildman–Crippen MR) is 116 cm³/mol. The van der Waals surface area contributed by atoms with Gasteiger partial charge in [-0.2, -0.15) is 21.9 Å². The Bertz CT molecular complexity index is 991. The third-order valence-electron chi connectivity index (χ3n) is 5.39. The summed E-state index contributed by atoms with van der Waals surface area (Å²) in [5, 5.41) is 0. The molecule has 0 N–H and O–H groups in total. The van der Waals surface area contributed by atoms with Crippen LogP contribution in [0.1, 0.15) is 0 Å². The van der Waals surface area contributed by atoms with Crippen molar-refractivity contribution in [1.82, 2.24) is 0 Å². The molecule has 0 aliphatic heterocycles. The molecule has 0 radical (unpaired) electrons. The van der Waals surface area contributed by atoms with Gasteiger partial charge in [0.25, 0.3) is 0 Å². The van der Waals surface area contributed by atoms with Crippen molar-refractivity contribution in [1.29, 1.82) is 0 Å². The summed E-state index contributed by atoms with van der Waals surface area (Å²) in [5.74, 6) is -1.95. The number of hydrogen-bond donors (Lipinski definition) is 0. The van der Waals surface area contributed by atoms with Crippen LogP contribution >= 0.6 is 0 Å². The molecule has 4 rings (SSSR count). The molecule has 0 aromatic heterocycles. The van der Waals surface area contributed by atoms with Crippen LogP contribution in [0, 0.1) is 23.3 Å². The van der Waals surface area contributed by atoms with E-state index in [9.17, 15) is 17.6 Å². The van der Waals surface area contributed by atoms with Crippen LogP contribution in [0.5, 0.6) is 0 Å². The maximum Gasteiger partial charge on any atom is 1.00 e. The van der Waals surface area contributed by atoms with Crippen LogP contribution in [0.2, 0.25) is 0 Å². The van der Waals surface area contributed by atoms with Gasteiger partial charge >= 0.3 is 27.3 Å². The van der Waals surface area contributed by atoms with Crippen LogP contribution in [-0.4, -0.2) is 33.4 Å². The van der Waals surface area contributed by atoms with E-state index >= 15 is 0 Å². The van der Waals surface area contributed by atoms with Gasteiger partial charge < -0.3 is 0 Å². The van der Waals surface area contributed by atoms with Gasteiger partial charge in [-0.15, -0.1) is 0 Å². The number of halogens is 4. The van der Waals surface area contributed by atoms with Crippen LogP contribution in [0.15, 0.2) is 97.1 Å². The Morgan fingerprint density at radius 3 is 0.833 bits per heavy atom. The maximum atomic E-state index is 14.3. The van der Waals surface area contributed by atoms with Gasteiger partial charge in [-0.25, -0.2) is 17.6 Å². The summed E-state index contributed by atoms with van der Waals surface area (Å²) in [6.07, 6.45) is -2.25. The second kappa shape index (κ2) is 9.16. The molecule has 0 unspecified atom stereocenters. The zero-order valence-electron chi connectivity index (χ0n) is 15.9. The Morgan fingerprint density at radius 2 is 0.633 bits per heavy atom. The van der Waals surface area contributed by atoms with Crippen molar-refractivity contribution < 1.29 is 17.6 Å². The van der Waals surface area contributed by atoms with Gasteiger partial charge in [-0.05, 0) is 24.3 Å². The average molecular weight is 596 g/mol. The van der Waals surface area contributed by atoms with Gasteiger partial charge in [0.1, 0.15) is 29.4 Å². The first-order valence-corrected chi connectivity index (χ1v) is 9.20. The average Bonchev–Trinajstić information content (AvgIpc) is 2.69. The molecule has 0 saturated heterocycles. The molecule has 0 bridgehead atoms. The molecule has 0 fully saturated rings. The maximum absolute atomic E-state index is 14.3. The summed E-state index contributed by atoms with van der Waals surface area (Å²) in [4.78, 5) is 0. The van der Waals surface area contributed by atoms with Crippen LogP contribution in [0.3, 0.4) is 0 Å². The zero-order chi connectivity index (χ0) is 20.4. The van der Waals surface area contributed by atoms with Gasteiger partial charge in [0.2, 0.25) is 0 Å². The molecule has 0 amide bonds. The molecule has 0 spiro atoms. The minimum Gasteiger partial charge on any atom is -0.207 e. The summed E-state index contributed by atoms with van der Waals surface area (Å²) >= 11 is 0. The minimum absolute atomic E-state index is 0. The van der Waals surface area contributed by atoms with Crippen molar-refractivity contribution in [3.05, 3.63) is 120 Å². The Morgan fingerprint density at radius 1 is 0.400 bits per heavy atom. The van der Waals surface area contributed by atoms with Crippen LogP contribution in [0.4, 0.5) is 17.6 Å². The monoisotopic (exact) mass is 596 g/mol. The van der Waals surface area contributed by atoms with E-state index in [2.05, 4.69) is 0 Å². The fraction of sp³-hybridized carbons (Fsp3) is 0. The Labute approximate surface area is 192 Å². The molecule has 6 heteroatoms. The molecule has 0 aliphatic carbocycles. The summed E-state index contributed by atoms with van der Waals surface area (Å²) in [5.41, 5.74) is 1.97. The van der Waals surface area contributed by atoms with Crippen molar-refractivity contribution in [2.24, 2.45) is 0 Å². The van der Waals surface area contributed by atoms with E-state index < -0.39 is 29.4 Å². The van der Waals surface area contributed by atoms with Crippen LogP contribution in [0.25, 0.3) is 0 Å². The van der Waals surface area contributed by atoms with Gasteiger partial charge in [0, 0.05) is 0 Å². The zero-order valence-corrected chi connectivity index (χ0v) is 20.4. The number of benzene rings is 4. The van der Waals surface area contributed by atoms with E-state index in [1.54, 1.807) is 48.5 Å². The molecule has 0 saturated carbocycles. The fourth-order valence-electron chi connectivity index (χ4n) is 4.26. The van der Waals surface area contributed by atoms with Crippen LogP contribution < -0.4 is 21.9 Å². The van der Waals surface area contributed by atoms with E-state index in [1.807, 2.05) is 0 Å². The molecule has 0 heterocycles. The number of rotatable bonds is 4. The summed E-state index contributed by atoms with van der Waals surface area (Å²) in [7, 11) is 0. The molecule has 30 heavy (non-hydrogen) atoms. The number of hydrogen-bond acceptors (Lipinski definition) is 0. The molecule has 0 aliphatic rings. The van der Waals surface area contributed by atoms with Crippen molar-refractivity contribution in [3.8, 4) is 0 Å². The largest absolute Gasteiger partial charge is 1.00 e. The van der Waals surface area contributed by atoms with Crippen molar-refractivity contribution in [2.45, 2.75) is 0 Å². The molecular formula is C24H16BF4Tl. The van der Waals surface area contributed by atoms with E-state index in [1.165, 1.54) is 48.5 Å². The first-order chi connectivity index (χ1) is 14.0. The quantitative estimate of drug-likeness (QED) is 0.251. The van der Waals surface area contributed by atoms with Crippen molar-refractivity contribution in [3.63, 3.8) is 0 Å². The second-order valence-electron chi connectivity index (χ2n) is 7.09. The Balaban J connectivity index is 0.00000256. The van der Waals surface area contributed by atoms with E-state index in [0.717, 1.165) is 0 Å². The van der Waals surface area contributed by atoms with E-state index in [0.29, 0.717) is 21.9 Å². The Hall–Kier alpha value is -2.41. The van der Waals surface area contributed by atoms with E-state index in [4.69, 9.17) is 0 Å².